The first kappa shape index (κ1) is 21.4. The molecule has 0 aromatic heterocycles. The van der Waals surface area contributed by atoms with Gasteiger partial charge in [-0.1, -0.05) is 20.8 Å². The molecule has 0 radical (unpaired) electrons. The van der Waals surface area contributed by atoms with E-state index in [0.29, 0.717) is 30.6 Å². The van der Waals surface area contributed by atoms with Gasteiger partial charge in [0.2, 0.25) is 0 Å². The minimum absolute atomic E-state index is 0.292. The van der Waals surface area contributed by atoms with E-state index in [4.69, 9.17) is 9.47 Å². The quantitative estimate of drug-likeness (QED) is 0.773. The van der Waals surface area contributed by atoms with Crippen molar-refractivity contribution in [2.24, 2.45) is 11.3 Å². The Balaban J connectivity index is 1.38. The van der Waals surface area contributed by atoms with E-state index in [2.05, 4.69) is 42.7 Å². The van der Waals surface area contributed by atoms with Crippen LogP contribution in [0.1, 0.15) is 40.0 Å². The Morgan fingerprint density at radius 1 is 1.11 bits per heavy atom. The highest BCUT2D eigenvalue weighted by Crippen LogP contribution is 2.39. The predicted octanol–water partition coefficient (Wildman–Crippen LogP) is 3.41. The lowest BCUT2D eigenvalue weighted by Gasteiger charge is -2.39. The molecular weight excluding hydrogens is 352 g/mol. The van der Waals surface area contributed by atoms with Crippen molar-refractivity contribution in [3.63, 3.8) is 0 Å². The van der Waals surface area contributed by atoms with Crippen LogP contribution in [0, 0.1) is 11.3 Å². The fourth-order valence-electron chi connectivity index (χ4n) is 4.96. The molecule has 3 rings (SSSR count). The minimum Gasteiger partial charge on any atom is -0.497 e. The van der Waals surface area contributed by atoms with Gasteiger partial charge >= 0.3 is 0 Å². The second-order valence-corrected chi connectivity index (χ2v) is 9.51. The number of aliphatic hydroxyl groups is 1. The van der Waals surface area contributed by atoms with Gasteiger partial charge in [-0.25, -0.2) is 0 Å². The van der Waals surface area contributed by atoms with E-state index < -0.39 is 6.10 Å². The van der Waals surface area contributed by atoms with Crippen LogP contribution in [0.3, 0.4) is 0 Å². The van der Waals surface area contributed by atoms with Crippen molar-refractivity contribution in [2.75, 3.05) is 51.3 Å². The van der Waals surface area contributed by atoms with Gasteiger partial charge in [-0.3, -0.25) is 4.90 Å². The van der Waals surface area contributed by atoms with E-state index in [1.807, 2.05) is 12.1 Å². The molecule has 1 saturated heterocycles. The molecule has 28 heavy (non-hydrogen) atoms. The molecule has 1 aromatic rings. The van der Waals surface area contributed by atoms with E-state index >= 15 is 0 Å². The number of nitrogens with zero attached hydrogens (tertiary/aromatic N) is 2. The van der Waals surface area contributed by atoms with Crippen LogP contribution in [-0.2, 0) is 4.74 Å². The zero-order valence-electron chi connectivity index (χ0n) is 18.1. The Bertz CT molecular complexity index is 596. The average Bonchev–Trinajstić information content (AvgIpc) is 2.66. The summed E-state index contributed by atoms with van der Waals surface area (Å²) in [6, 6.07) is 8.25. The zero-order valence-corrected chi connectivity index (χ0v) is 18.1. The van der Waals surface area contributed by atoms with Crippen LogP contribution in [0.15, 0.2) is 24.3 Å². The third kappa shape index (κ3) is 6.10. The summed E-state index contributed by atoms with van der Waals surface area (Å²) in [5.74, 6) is 1.60. The van der Waals surface area contributed by atoms with Crippen molar-refractivity contribution in [1.82, 2.24) is 4.90 Å². The second kappa shape index (κ2) is 9.47. The smallest absolute Gasteiger partial charge is 0.119 e. The maximum Gasteiger partial charge on any atom is 0.119 e. The van der Waals surface area contributed by atoms with Crippen molar-refractivity contribution in [3.05, 3.63) is 24.3 Å². The van der Waals surface area contributed by atoms with Gasteiger partial charge in [-0.15, -0.1) is 0 Å². The van der Waals surface area contributed by atoms with E-state index in [1.165, 1.54) is 12.1 Å². The van der Waals surface area contributed by atoms with Crippen LogP contribution in [-0.4, -0.2) is 68.7 Å². The number of benzene rings is 1. The summed E-state index contributed by atoms with van der Waals surface area (Å²) in [6.07, 6.45) is 3.38. The number of methoxy groups -OCH3 is 1. The van der Waals surface area contributed by atoms with Crippen LogP contribution >= 0.6 is 0 Å². The molecule has 1 saturated carbocycles. The summed E-state index contributed by atoms with van der Waals surface area (Å²) in [5.41, 5.74) is 1.59. The summed E-state index contributed by atoms with van der Waals surface area (Å²) in [6.45, 7) is 12.0. The van der Waals surface area contributed by atoms with Crippen molar-refractivity contribution < 1.29 is 14.6 Å². The van der Waals surface area contributed by atoms with E-state index in [1.54, 1.807) is 7.11 Å². The molecule has 158 valence electrons. The van der Waals surface area contributed by atoms with Crippen LogP contribution < -0.4 is 9.64 Å². The Labute approximate surface area is 170 Å². The topological polar surface area (TPSA) is 45.2 Å². The molecule has 2 fully saturated rings. The summed E-state index contributed by atoms with van der Waals surface area (Å²) in [7, 11) is 1.69. The van der Waals surface area contributed by atoms with Crippen LogP contribution in [0.2, 0.25) is 0 Å². The number of β-amino-alcohol motifs (C(OH)–C–C–N with tert-alkyl or cyclic N) is 1. The SMILES string of the molecule is COc1ccc(N2CCN(CC(O)COC3CC(C)CC(C)(C)C3)CC2)cc1. The number of hydrogen-bond donors (Lipinski definition) is 1. The van der Waals surface area contributed by atoms with Gasteiger partial charge in [0.25, 0.3) is 0 Å². The lowest BCUT2D eigenvalue weighted by molar-refractivity contribution is -0.0615. The maximum atomic E-state index is 10.5. The molecule has 1 aliphatic heterocycles. The van der Waals surface area contributed by atoms with Gasteiger partial charge in [-0.05, 0) is 54.9 Å². The number of piperazine rings is 1. The first-order valence-electron chi connectivity index (χ1n) is 10.8. The van der Waals surface area contributed by atoms with Crippen molar-refractivity contribution in [1.29, 1.82) is 0 Å². The summed E-state index contributed by atoms with van der Waals surface area (Å²) < 4.78 is 11.3. The molecule has 2 aliphatic rings. The molecule has 1 aliphatic carbocycles. The highest BCUT2D eigenvalue weighted by molar-refractivity contribution is 5.49. The third-order valence-corrected chi connectivity index (χ3v) is 6.15. The largest absolute Gasteiger partial charge is 0.497 e. The van der Waals surface area contributed by atoms with Gasteiger partial charge in [0.15, 0.2) is 0 Å². The van der Waals surface area contributed by atoms with Crippen LogP contribution in [0.5, 0.6) is 5.75 Å². The van der Waals surface area contributed by atoms with Crippen molar-refractivity contribution in [3.8, 4) is 5.75 Å². The Kier molecular flexibility index (Phi) is 7.24. The Morgan fingerprint density at radius 2 is 1.79 bits per heavy atom. The van der Waals surface area contributed by atoms with Crippen LogP contribution in [0.4, 0.5) is 5.69 Å². The van der Waals surface area contributed by atoms with E-state index in [-0.39, 0.29) is 0 Å². The van der Waals surface area contributed by atoms with Crippen molar-refractivity contribution >= 4 is 5.69 Å². The molecule has 5 nitrogen and oxygen atoms in total. The van der Waals surface area contributed by atoms with Gasteiger partial charge < -0.3 is 19.5 Å². The number of ether oxygens (including phenoxy) is 2. The van der Waals surface area contributed by atoms with E-state index in [9.17, 15) is 5.11 Å². The minimum atomic E-state index is -0.409. The fourth-order valence-corrected chi connectivity index (χ4v) is 4.96. The van der Waals surface area contributed by atoms with Gasteiger partial charge in [-0.2, -0.15) is 0 Å². The molecule has 1 heterocycles. The van der Waals surface area contributed by atoms with Crippen LogP contribution in [0.25, 0.3) is 0 Å². The summed E-state index contributed by atoms with van der Waals surface area (Å²) in [5, 5.41) is 10.5. The lowest BCUT2D eigenvalue weighted by atomic mass is 9.71. The molecular formula is C23H38N2O3. The molecule has 0 spiro atoms. The first-order valence-corrected chi connectivity index (χ1v) is 10.8. The monoisotopic (exact) mass is 390 g/mol. The molecule has 1 aromatic carbocycles. The average molecular weight is 391 g/mol. The van der Waals surface area contributed by atoms with Gasteiger partial charge in [0, 0.05) is 38.4 Å². The molecule has 3 atom stereocenters. The molecule has 1 N–H and O–H groups in total. The molecule has 5 heteroatoms. The number of aliphatic hydroxyl groups excluding tert-OH is 1. The zero-order chi connectivity index (χ0) is 20.1. The van der Waals surface area contributed by atoms with Gasteiger partial charge in [0.1, 0.15) is 5.75 Å². The lowest BCUT2D eigenvalue weighted by Crippen LogP contribution is -2.49. The first-order chi connectivity index (χ1) is 13.3. The Hall–Kier alpha value is -1.30. The highest BCUT2D eigenvalue weighted by atomic mass is 16.5. The summed E-state index contributed by atoms with van der Waals surface area (Å²) >= 11 is 0. The number of anilines is 1. The maximum absolute atomic E-state index is 10.5. The number of hydrogen-bond acceptors (Lipinski definition) is 5. The van der Waals surface area contributed by atoms with Crippen molar-refractivity contribution in [2.45, 2.75) is 52.2 Å². The highest BCUT2D eigenvalue weighted by Gasteiger charge is 2.32. The normalized spacial score (nSPS) is 26.8. The van der Waals surface area contributed by atoms with Gasteiger partial charge in [0.05, 0.1) is 25.9 Å². The molecule has 0 amide bonds. The fraction of sp³-hybridized carbons (Fsp3) is 0.739. The summed E-state index contributed by atoms with van der Waals surface area (Å²) in [4.78, 5) is 4.74. The number of rotatable bonds is 7. The second-order valence-electron chi connectivity index (χ2n) is 9.51. The Morgan fingerprint density at radius 3 is 2.39 bits per heavy atom. The molecule has 0 bridgehead atoms. The standard InChI is InChI=1S/C23H38N2O3/c1-18-13-22(15-23(2,3)14-18)28-17-20(26)16-24-9-11-25(12-10-24)19-5-7-21(27-4)8-6-19/h5-8,18,20,22,26H,9-17H2,1-4H3. The van der Waals surface area contributed by atoms with E-state index in [0.717, 1.165) is 44.8 Å². The third-order valence-electron chi connectivity index (χ3n) is 6.15. The predicted molar refractivity (Wildman–Crippen MR) is 114 cm³/mol. The molecule has 3 unspecified atom stereocenters.